The number of para-hydroxylation sites is 2. The lowest BCUT2D eigenvalue weighted by molar-refractivity contribution is -0.139. The van der Waals surface area contributed by atoms with Gasteiger partial charge in [0.1, 0.15) is 24.1 Å². The molecule has 0 saturated carbocycles. The van der Waals surface area contributed by atoms with E-state index in [1.54, 1.807) is 24.3 Å². The molecule has 4 rings (SSSR count). The highest BCUT2D eigenvalue weighted by molar-refractivity contribution is 7.92. The number of hydrogen-bond donors (Lipinski definition) is 1. The Morgan fingerprint density at radius 3 is 1.93 bits per heavy atom. The van der Waals surface area contributed by atoms with Crippen molar-refractivity contribution >= 4 is 27.5 Å². The summed E-state index contributed by atoms with van der Waals surface area (Å²) in [6.45, 7) is -0.489. The Hall–Kier alpha value is -4.83. The zero-order valence-electron chi connectivity index (χ0n) is 24.3. The van der Waals surface area contributed by atoms with E-state index in [1.807, 2.05) is 60.7 Å². The van der Waals surface area contributed by atoms with Gasteiger partial charge < -0.3 is 19.7 Å². The highest BCUT2D eigenvalue weighted by Gasteiger charge is 2.35. The number of sulfonamides is 1. The lowest BCUT2D eigenvalue weighted by atomic mass is 10.0. The molecule has 0 spiro atoms. The SMILES string of the molecule is CNC(=O)[C@@H](Cc1ccccc1)N(Cc1ccccc1)C(=O)CN(c1ccccc1OC)S(=O)(=O)c1ccc(OC)cc1. The maximum atomic E-state index is 14.3. The predicted octanol–water partition coefficient (Wildman–Crippen LogP) is 4.29. The number of benzene rings is 4. The first-order valence-electron chi connectivity index (χ1n) is 13.7. The summed E-state index contributed by atoms with van der Waals surface area (Å²) in [5.41, 5.74) is 1.84. The number of anilines is 1. The van der Waals surface area contributed by atoms with Gasteiger partial charge in [0.25, 0.3) is 10.0 Å². The van der Waals surface area contributed by atoms with Crippen LogP contribution in [-0.4, -0.2) is 59.0 Å². The fraction of sp³-hybridized carbons (Fsp3) is 0.212. The van der Waals surface area contributed by atoms with Gasteiger partial charge in [-0.05, 0) is 47.5 Å². The van der Waals surface area contributed by atoms with E-state index in [9.17, 15) is 18.0 Å². The smallest absolute Gasteiger partial charge is 0.264 e. The van der Waals surface area contributed by atoms with Crippen LogP contribution in [0.4, 0.5) is 5.69 Å². The Morgan fingerprint density at radius 1 is 0.767 bits per heavy atom. The van der Waals surface area contributed by atoms with E-state index in [0.29, 0.717) is 5.75 Å². The van der Waals surface area contributed by atoms with E-state index in [1.165, 1.54) is 50.4 Å². The Labute approximate surface area is 252 Å². The van der Waals surface area contributed by atoms with Gasteiger partial charge in [-0.1, -0.05) is 72.8 Å². The van der Waals surface area contributed by atoms with Gasteiger partial charge in [-0.3, -0.25) is 13.9 Å². The second-order valence-electron chi connectivity index (χ2n) is 9.69. The Bertz CT molecular complexity index is 1610. The van der Waals surface area contributed by atoms with Crippen LogP contribution in [0.5, 0.6) is 11.5 Å². The third kappa shape index (κ3) is 7.52. The fourth-order valence-corrected chi connectivity index (χ4v) is 6.15. The second-order valence-corrected chi connectivity index (χ2v) is 11.5. The monoisotopic (exact) mass is 601 g/mol. The summed E-state index contributed by atoms with van der Waals surface area (Å²) in [6.07, 6.45) is 0.235. The first kappa shape index (κ1) is 31.1. The summed E-state index contributed by atoms with van der Waals surface area (Å²) in [4.78, 5) is 29.1. The van der Waals surface area contributed by atoms with Crippen molar-refractivity contribution in [3.05, 3.63) is 120 Å². The normalized spacial score (nSPS) is 11.7. The standard InChI is InChI=1S/C33H35N3O6S/c1-34-33(38)30(22-25-12-6-4-7-13-25)35(23-26-14-8-5-9-15-26)32(37)24-36(29-16-10-11-17-31(29)42-3)43(39,40)28-20-18-27(41-2)19-21-28/h4-21,30H,22-24H2,1-3H3,(H,34,38)/t30-/m1/s1. The largest absolute Gasteiger partial charge is 0.497 e. The minimum absolute atomic E-state index is 0.0336. The fourth-order valence-electron chi connectivity index (χ4n) is 4.72. The van der Waals surface area contributed by atoms with E-state index in [-0.39, 0.29) is 35.2 Å². The highest BCUT2D eigenvalue weighted by atomic mass is 32.2. The molecule has 0 unspecified atom stereocenters. The van der Waals surface area contributed by atoms with Crippen LogP contribution in [0.1, 0.15) is 11.1 Å². The van der Waals surface area contributed by atoms with Crippen LogP contribution in [0.15, 0.2) is 114 Å². The third-order valence-corrected chi connectivity index (χ3v) is 8.77. The molecule has 0 aromatic heterocycles. The highest BCUT2D eigenvalue weighted by Crippen LogP contribution is 2.33. The molecule has 0 aliphatic heterocycles. The number of carbonyl (C=O) groups excluding carboxylic acids is 2. The molecule has 4 aromatic carbocycles. The molecule has 0 fully saturated rings. The molecule has 0 aliphatic rings. The van der Waals surface area contributed by atoms with Crippen LogP contribution in [0.3, 0.4) is 0 Å². The molecule has 0 radical (unpaired) electrons. The number of likely N-dealkylation sites (N-methyl/N-ethyl adjacent to an activating group) is 1. The summed E-state index contributed by atoms with van der Waals surface area (Å²) >= 11 is 0. The predicted molar refractivity (Wildman–Crippen MR) is 166 cm³/mol. The first-order chi connectivity index (χ1) is 20.8. The van der Waals surface area contributed by atoms with Gasteiger partial charge in [0.05, 0.1) is 24.8 Å². The minimum Gasteiger partial charge on any atom is -0.497 e. The van der Waals surface area contributed by atoms with Gasteiger partial charge in [-0.2, -0.15) is 0 Å². The third-order valence-electron chi connectivity index (χ3n) is 6.99. The van der Waals surface area contributed by atoms with Crippen LogP contribution in [-0.2, 0) is 32.6 Å². The number of nitrogens with one attached hydrogen (secondary N) is 1. The van der Waals surface area contributed by atoms with Gasteiger partial charge in [0, 0.05) is 20.0 Å². The van der Waals surface area contributed by atoms with Crippen LogP contribution < -0.4 is 19.1 Å². The molecule has 0 saturated heterocycles. The van der Waals surface area contributed by atoms with Gasteiger partial charge in [0.2, 0.25) is 11.8 Å². The maximum absolute atomic E-state index is 14.3. The summed E-state index contributed by atoms with van der Waals surface area (Å²) in [5, 5.41) is 2.68. The molecule has 0 bridgehead atoms. The number of rotatable bonds is 13. The van der Waals surface area contributed by atoms with Crippen molar-refractivity contribution in [2.45, 2.75) is 23.9 Å². The van der Waals surface area contributed by atoms with Crippen molar-refractivity contribution in [1.82, 2.24) is 10.2 Å². The molecule has 1 N–H and O–H groups in total. The van der Waals surface area contributed by atoms with Crippen molar-refractivity contribution in [2.24, 2.45) is 0 Å². The zero-order chi connectivity index (χ0) is 30.8. The van der Waals surface area contributed by atoms with Crippen LogP contribution in [0, 0.1) is 0 Å². The van der Waals surface area contributed by atoms with Crippen molar-refractivity contribution in [1.29, 1.82) is 0 Å². The molecule has 9 nitrogen and oxygen atoms in total. The average Bonchev–Trinajstić information content (AvgIpc) is 3.05. The summed E-state index contributed by atoms with van der Waals surface area (Å²) in [6, 6.07) is 30.2. The lowest BCUT2D eigenvalue weighted by Gasteiger charge is -2.33. The van der Waals surface area contributed by atoms with Crippen molar-refractivity contribution in [2.75, 3.05) is 32.1 Å². The molecule has 2 amide bonds. The van der Waals surface area contributed by atoms with Crippen LogP contribution in [0.25, 0.3) is 0 Å². The van der Waals surface area contributed by atoms with Gasteiger partial charge in [-0.15, -0.1) is 0 Å². The van der Waals surface area contributed by atoms with Gasteiger partial charge >= 0.3 is 0 Å². The molecule has 0 heterocycles. The Balaban J connectivity index is 1.80. The van der Waals surface area contributed by atoms with Gasteiger partial charge in [-0.25, -0.2) is 8.42 Å². The summed E-state index contributed by atoms with van der Waals surface area (Å²) in [5.74, 6) is -0.164. The molecule has 224 valence electrons. The van der Waals surface area contributed by atoms with Crippen molar-refractivity contribution < 1.29 is 27.5 Å². The molecule has 1 atom stereocenters. The van der Waals surface area contributed by atoms with E-state index >= 15 is 0 Å². The van der Waals surface area contributed by atoms with Crippen LogP contribution in [0.2, 0.25) is 0 Å². The van der Waals surface area contributed by atoms with E-state index in [4.69, 9.17) is 9.47 Å². The van der Waals surface area contributed by atoms with E-state index in [2.05, 4.69) is 5.32 Å². The molecule has 43 heavy (non-hydrogen) atoms. The van der Waals surface area contributed by atoms with Crippen LogP contribution >= 0.6 is 0 Å². The van der Waals surface area contributed by atoms with Gasteiger partial charge in [0.15, 0.2) is 0 Å². The average molecular weight is 602 g/mol. The summed E-state index contributed by atoms with van der Waals surface area (Å²) < 4.78 is 40.0. The van der Waals surface area contributed by atoms with Crippen molar-refractivity contribution in [3.63, 3.8) is 0 Å². The molecule has 10 heteroatoms. The van der Waals surface area contributed by atoms with Crippen molar-refractivity contribution in [3.8, 4) is 11.5 Å². The topological polar surface area (TPSA) is 105 Å². The summed E-state index contributed by atoms with van der Waals surface area (Å²) in [7, 11) is 0.162. The second kappa shape index (κ2) is 14.4. The molecular weight excluding hydrogens is 566 g/mol. The maximum Gasteiger partial charge on any atom is 0.264 e. The zero-order valence-corrected chi connectivity index (χ0v) is 25.2. The first-order valence-corrected chi connectivity index (χ1v) is 15.1. The number of nitrogens with zero attached hydrogens (tertiary/aromatic N) is 2. The van der Waals surface area contributed by atoms with E-state index in [0.717, 1.165) is 15.4 Å². The molecular formula is C33H35N3O6S. The Kier molecular flexibility index (Phi) is 10.4. The van der Waals surface area contributed by atoms with E-state index < -0.39 is 28.5 Å². The number of ether oxygens (including phenoxy) is 2. The number of methoxy groups -OCH3 is 2. The Morgan fingerprint density at radius 2 is 1.35 bits per heavy atom. The molecule has 0 aliphatic carbocycles. The minimum atomic E-state index is -4.27. The quantitative estimate of drug-likeness (QED) is 0.245. The number of amides is 2. The number of hydrogen-bond acceptors (Lipinski definition) is 6. The lowest BCUT2D eigenvalue weighted by Crippen LogP contribution is -2.53. The number of carbonyl (C=O) groups is 2. The molecule has 4 aromatic rings.